The Kier molecular flexibility index (Phi) is 5.20. The molecule has 1 heterocycles. The minimum atomic E-state index is -0.693. The Hall–Kier alpha value is -2.18. The van der Waals surface area contributed by atoms with Crippen LogP contribution in [0.3, 0.4) is 0 Å². The van der Waals surface area contributed by atoms with E-state index < -0.39 is 12.2 Å². The van der Waals surface area contributed by atoms with Gasteiger partial charge in [-0.15, -0.1) is 0 Å². The summed E-state index contributed by atoms with van der Waals surface area (Å²) in [6.07, 6.45) is 0.969. The standard InChI is InChI=1S/C19H25N3O3/c1-12-11-13(2)22(21-12)16-7-3-14(4-8-16)19(25)20-15-5-9-17(23)18(24)10-6-15/h3-4,7-8,11,15,17-18,23-24H,5-6,9-10H2,1-2H3,(H,20,25)/t15?,17-,18+. The number of nitrogens with one attached hydrogen (secondary N) is 1. The molecule has 25 heavy (non-hydrogen) atoms. The molecule has 0 bridgehead atoms. The summed E-state index contributed by atoms with van der Waals surface area (Å²) in [5.41, 5.74) is 3.51. The van der Waals surface area contributed by atoms with Crippen LogP contribution in [0, 0.1) is 13.8 Å². The Balaban J connectivity index is 1.66. The van der Waals surface area contributed by atoms with E-state index in [0.29, 0.717) is 31.2 Å². The van der Waals surface area contributed by atoms with Gasteiger partial charge in [0.15, 0.2) is 0 Å². The first-order valence-corrected chi connectivity index (χ1v) is 8.75. The first-order valence-electron chi connectivity index (χ1n) is 8.75. The van der Waals surface area contributed by atoms with Gasteiger partial charge in [-0.2, -0.15) is 5.10 Å². The number of carbonyl (C=O) groups excluding carboxylic acids is 1. The van der Waals surface area contributed by atoms with Crippen molar-refractivity contribution in [3.05, 3.63) is 47.3 Å². The zero-order valence-electron chi connectivity index (χ0n) is 14.6. The fraction of sp³-hybridized carbons (Fsp3) is 0.474. The summed E-state index contributed by atoms with van der Waals surface area (Å²) in [4.78, 5) is 12.4. The largest absolute Gasteiger partial charge is 0.390 e. The van der Waals surface area contributed by atoms with Crippen LogP contribution in [-0.4, -0.2) is 44.2 Å². The molecule has 0 aliphatic heterocycles. The zero-order valence-corrected chi connectivity index (χ0v) is 14.6. The molecule has 6 nitrogen and oxygen atoms in total. The molecule has 3 rings (SSSR count). The molecule has 0 saturated heterocycles. The van der Waals surface area contributed by atoms with E-state index >= 15 is 0 Å². The Bertz CT molecular complexity index is 727. The monoisotopic (exact) mass is 343 g/mol. The summed E-state index contributed by atoms with van der Waals surface area (Å²) in [5.74, 6) is -0.129. The number of carbonyl (C=O) groups is 1. The van der Waals surface area contributed by atoms with Gasteiger partial charge in [0.05, 0.1) is 23.6 Å². The molecule has 1 aromatic carbocycles. The normalized spacial score (nSPS) is 23.9. The van der Waals surface area contributed by atoms with Gasteiger partial charge in [-0.25, -0.2) is 4.68 Å². The number of aryl methyl sites for hydroxylation is 2. The third kappa shape index (κ3) is 4.08. The van der Waals surface area contributed by atoms with Gasteiger partial charge in [0.1, 0.15) is 0 Å². The highest BCUT2D eigenvalue weighted by molar-refractivity contribution is 5.94. The Morgan fingerprint density at radius 3 is 2.20 bits per heavy atom. The lowest BCUT2D eigenvalue weighted by atomic mass is 10.1. The van der Waals surface area contributed by atoms with Gasteiger partial charge < -0.3 is 15.5 Å². The van der Waals surface area contributed by atoms with Crippen molar-refractivity contribution >= 4 is 5.91 Å². The van der Waals surface area contributed by atoms with E-state index in [1.807, 2.05) is 36.7 Å². The number of rotatable bonds is 3. The second-order valence-corrected chi connectivity index (χ2v) is 6.85. The van der Waals surface area contributed by atoms with Crippen molar-refractivity contribution < 1.29 is 15.0 Å². The average molecular weight is 343 g/mol. The van der Waals surface area contributed by atoms with Crippen molar-refractivity contribution in [1.82, 2.24) is 15.1 Å². The highest BCUT2D eigenvalue weighted by Gasteiger charge is 2.25. The zero-order chi connectivity index (χ0) is 18.0. The number of aromatic nitrogens is 2. The lowest BCUT2D eigenvalue weighted by Crippen LogP contribution is -2.34. The molecular weight excluding hydrogens is 318 g/mol. The Morgan fingerprint density at radius 2 is 1.68 bits per heavy atom. The molecule has 2 aromatic rings. The second-order valence-electron chi connectivity index (χ2n) is 6.85. The predicted octanol–water partition coefficient (Wildman–Crippen LogP) is 1.88. The van der Waals surface area contributed by atoms with Crippen molar-refractivity contribution in [3.63, 3.8) is 0 Å². The van der Waals surface area contributed by atoms with E-state index in [1.54, 1.807) is 12.1 Å². The second kappa shape index (κ2) is 7.37. The molecule has 1 unspecified atom stereocenters. The van der Waals surface area contributed by atoms with E-state index in [2.05, 4.69) is 10.4 Å². The van der Waals surface area contributed by atoms with Gasteiger partial charge in [-0.1, -0.05) is 0 Å². The summed E-state index contributed by atoms with van der Waals surface area (Å²) >= 11 is 0. The van der Waals surface area contributed by atoms with Crippen molar-refractivity contribution in [2.45, 2.75) is 57.8 Å². The smallest absolute Gasteiger partial charge is 0.251 e. The lowest BCUT2D eigenvalue weighted by molar-refractivity contribution is 0.0157. The fourth-order valence-electron chi connectivity index (χ4n) is 3.33. The van der Waals surface area contributed by atoms with E-state index in [-0.39, 0.29) is 11.9 Å². The van der Waals surface area contributed by atoms with Gasteiger partial charge in [0.25, 0.3) is 5.91 Å². The number of hydrogen-bond donors (Lipinski definition) is 3. The summed E-state index contributed by atoms with van der Waals surface area (Å²) in [5, 5.41) is 26.9. The average Bonchev–Trinajstić information content (AvgIpc) is 2.86. The number of nitrogens with zero attached hydrogens (tertiary/aromatic N) is 2. The number of aliphatic hydroxyl groups is 2. The molecule has 6 heteroatoms. The molecule has 1 amide bonds. The first-order chi connectivity index (χ1) is 11.9. The van der Waals surface area contributed by atoms with Crippen molar-refractivity contribution in [1.29, 1.82) is 0 Å². The van der Waals surface area contributed by atoms with Crippen LogP contribution >= 0.6 is 0 Å². The number of hydrogen-bond acceptors (Lipinski definition) is 4. The first kappa shape index (κ1) is 17.6. The van der Waals surface area contributed by atoms with Crippen molar-refractivity contribution in [2.24, 2.45) is 0 Å². The highest BCUT2D eigenvalue weighted by Crippen LogP contribution is 2.19. The van der Waals surface area contributed by atoms with E-state index in [9.17, 15) is 15.0 Å². The van der Waals surface area contributed by atoms with Crippen LogP contribution in [0.1, 0.15) is 47.4 Å². The lowest BCUT2D eigenvalue weighted by Gasteiger charge is -2.16. The minimum Gasteiger partial charge on any atom is -0.390 e. The maximum Gasteiger partial charge on any atom is 0.251 e. The minimum absolute atomic E-state index is 0.0185. The Labute approximate surface area is 147 Å². The van der Waals surface area contributed by atoms with Crippen LogP contribution in [0.15, 0.2) is 30.3 Å². The van der Waals surface area contributed by atoms with Crippen LogP contribution in [0.25, 0.3) is 5.69 Å². The summed E-state index contributed by atoms with van der Waals surface area (Å²) in [7, 11) is 0. The summed E-state index contributed by atoms with van der Waals surface area (Å²) in [6, 6.07) is 9.35. The Morgan fingerprint density at radius 1 is 1.08 bits per heavy atom. The topological polar surface area (TPSA) is 87.4 Å². The van der Waals surface area contributed by atoms with E-state index in [4.69, 9.17) is 0 Å². The molecule has 1 saturated carbocycles. The van der Waals surface area contributed by atoms with Gasteiger partial charge in [-0.05, 0) is 69.9 Å². The number of benzene rings is 1. The highest BCUT2D eigenvalue weighted by atomic mass is 16.3. The van der Waals surface area contributed by atoms with E-state index in [1.165, 1.54) is 0 Å². The number of amides is 1. The number of aliphatic hydroxyl groups excluding tert-OH is 2. The third-order valence-electron chi connectivity index (χ3n) is 4.78. The molecular formula is C19H25N3O3. The van der Waals surface area contributed by atoms with Crippen molar-refractivity contribution in [2.75, 3.05) is 0 Å². The third-order valence-corrected chi connectivity index (χ3v) is 4.78. The van der Waals surface area contributed by atoms with Gasteiger partial charge in [0, 0.05) is 17.3 Å². The molecule has 134 valence electrons. The molecule has 1 aromatic heterocycles. The van der Waals surface area contributed by atoms with Gasteiger partial charge in [0.2, 0.25) is 0 Å². The molecule has 0 spiro atoms. The predicted molar refractivity (Wildman–Crippen MR) is 94.8 cm³/mol. The van der Waals surface area contributed by atoms with Crippen LogP contribution < -0.4 is 5.32 Å². The molecule has 1 aliphatic rings. The fourth-order valence-corrected chi connectivity index (χ4v) is 3.33. The van der Waals surface area contributed by atoms with Gasteiger partial charge >= 0.3 is 0 Å². The maximum atomic E-state index is 12.4. The van der Waals surface area contributed by atoms with E-state index in [0.717, 1.165) is 17.1 Å². The van der Waals surface area contributed by atoms with Gasteiger partial charge in [-0.3, -0.25) is 4.79 Å². The quantitative estimate of drug-likeness (QED) is 0.743. The molecule has 1 aliphatic carbocycles. The summed E-state index contributed by atoms with van der Waals surface area (Å²) < 4.78 is 1.85. The van der Waals surface area contributed by atoms with Crippen LogP contribution in [0.4, 0.5) is 0 Å². The van der Waals surface area contributed by atoms with Crippen LogP contribution in [0.2, 0.25) is 0 Å². The van der Waals surface area contributed by atoms with Crippen LogP contribution in [-0.2, 0) is 0 Å². The summed E-state index contributed by atoms with van der Waals surface area (Å²) in [6.45, 7) is 3.95. The maximum absolute atomic E-state index is 12.4. The SMILES string of the molecule is Cc1cc(C)n(-c2ccc(C(=O)NC3CC[C@@H](O)[C@@H](O)CC3)cc2)n1. The molecule has 1 fully saturated rings. The van der Waals surface area contributed by atoms with Crippen molar-refractivity contribution in [3.8, 4) is 5.69 Å². The van der Waals surface area contributed by atoms with Crippen LogP contribution in [0.5, 0.6) is 0 Å². The molecule has 0 radical (unpaired) electrons. The molecule has 3 N–H and O–H groups in total. The molecule has 3 atom stereocenters.